The average molecular weight is 394 g/mol. The number of pyridine rings is 1. The fraction of sp³-hybridized carbons (Fsp3) is 0.304. The van der Waals surface area contributed by atoms with Gasteiger partial charge in [0, 0.05) is 10.9 Å². The molecule has 1 amide bonds. The number of amides is 1. The summed E-state index contributed by atoms with van der Waals surface area (Å²) in [7, 11) is 0. The van der Waals surface area contributed by atoms with E-state index < -0.39 is 0 Å². The van der Waals surface area contributed by atoms with E-state index in [0.29, 0.717) is 17.8 Å². The number of fused-ring (bicyclic) bond motifs is 1. The third kappa shape index (κ3) is 4.60. The molecule has 0 saturated carbocycles. The molecule has 0 atom stereocenters. The molecule has 1 aliphatic rings. The van der Waals surface area contributed by atoms with Crippen molar-refractivity contribution in [2.75, 3.05) is 39.4 Å². The molecule has 0 spiro atoms. The quantitative estimate of drug-likeness (QED) is 0.696. The van der Waals surface area contributed by atoms with Gasteiger partial charge in [-0.1, -0.05) is 11.6 Å². The van der Waals surface area contributed by atoms with Crippen molar-refractivity contribution in [3.63, 3.8) is 0 Å². The molecule has 6 heteroatoms. The SMILES string of the molecule is Cc1ccc2nc(-c3ccc(F)cc3)cc(C(=O)NCC[NH+]3CCOCC3)c2c1. The summed E-state index contributed by atoms with van der Waals surface area (Å²) < 4.78 is 18.7. The zero-order valence-electron chi connectivity index (χ0n) is 16.5. The van der Waals surface area contributed by atoms with Crippen LogP contribution in [0.2, 0.25) is 0 Å². The van der Waals surface area contributed by atoms with Crippen molar-refractivity contribution in [1.29, 1.82) is 0 Å². The van der Waals surface area contributed by atoms with Crippen molar-refractivity contribution >= 4 is 16.8 Å². The maximum Gasteiger partial charge on any atom is 0.252 e. The zero-order chi connectivity index (χ0) is 20.2. The van der Waals surface area contributed by atoms with Gasteiger partial charge in [-0.25, -0.2) is 9.37 Å². The minimum atomic E-state index is -0.297. The Kier molecular flexibility index (Phi) is 5.83. The van der Waals surface area contributed by atoms with Crippen LogP contribution in [0, 0.1) is 12.7 Å². The smallest absolute Gasteiger partial charge is 0.252 e. The molecule has 0 unspecified atom stereocenters. The second-order valence-corrected chi connectivity index (χ2v) is 7.45. The molecule has 0 aliphatic carbocycles. The Hall–Kier alpha value is -2.83. The highest BCUT2D eigenvalue weighted by Gasteiger charge is 2.17. The molecule has 2 aromatic carbocycles. The number of hydrogen-bond donors (Lipinski definition) is 2. The fourth-order valence-electron chi connectivity index (χ4n) is 3.65. The summed E-state index contributed by atoms with van der Waals surface area (Å²) in [6.07, 6.45) is 0. The predicted molar refractivity (Wildman–Crippen MR) is 111 cm³/mol. The summed E-state index contributed by atoms with van der Waals surface area (Å²) in [5.41, 5.74) is 3.85. The molecule has 5 nitrogen and oxygen atoms in total. The Morgan fingerprint density at radius 1 is 1.14 bits per heavy atom. The molecule has 1 aliphatic heterocycles. The predicted octanol–water partition coefficient (Wildman–Crippen LogP) is 1.99. The van der Waals surface area contributed by atoms with Gasteiger partial charge in [-0.15, -0.1) is 0 Å². The number of carbonyl (C=O) groups excluding carboxylic acids is 1. The summed E-state index contributed by atoms with van der Waals surface area (Å²) in [6, 6.07) is 13.9. The second kappa shape index (κ2) is 8.68. The number of carbonyl (C=O) groups is 1. The van der Waals surface area contributed by atoms with Crippen LogP contribution in [0.1, 0.15) is 15.9 Å². The first-order valence-electron chi connectivity index (χ1n) is 9.97. The molecule has 0 radical (unpaired) electrons. The lowest BCUT2D eigenvalue weighted by molar-refractivity contribution is -0.906. The number of benzene rings is 2. The molecule has 1 saturated heterocycles. The van der Waals surface area contributed by atoms with Crippen molar-refractivity contribution in [3.05, 3.63) is 65.5 Å². The van der Waals surface area contributed by atoms with Gasteiger partial charge in [0.25, 0.3) is 5.91 Å². The van der Waals surface area contributed by atoms with Gasteiger partial charge in [-0.2, -0.15) is 0 Å². The number of morpholine rings is 1. The van der Waals surface area contributed by atoms with Gasteiger partial charge in [0.1, 0.15) is 18.9 Å². The Morgan fingerprint density at radius 2 is 1.90 bits per heavy atom. The van der Waals surface area contributed by atoms with Crippen LogP contribution in [0.25, 0.3) is 22.2 Å². The van der Waals surface area contributed by atoms with E-state index in [1.807, 2.05) is 25.1 Å². The first kappa shape index (κ1) is 19.5. The molecule has 2 heterocycles. The van der Waals surface area contributed by atoms with E-state index in [1.54, 1.807) is 18.2 Å². The minimum absolute atomic E-state index is 0.112. The first-order chi connectivity index (χ1) is 14.1. The lowest BCUT2D eigenvalue weighted by atomic mass is 10.0. The van der Waals surface area contributed by atoms with Gasteiger partial charge in [0.15, 0.2) is 0 Å². The molecule has 0 bridgehead atoms. The highest BCUT2D eigenvalue weighted by atomic mass is 19.1. The lowest BCUT2D eigenvalue weighted by Gasteiger charge is -2.23. The van der Waals surface area contributed by atoms with Crippen molar-refractivity contribution in [2.45, 2.75) is 6.92 Å². The van der Waals surface area contributed by atoms with Crippen LogP contribution in [0.15, 0.2) is 48.5 Å². The number of quaternary nitrogens is 1. The summed E-state index contributed by atoms with van der Waals surface area (Å²) in [5.74, 6) is -0.409. The van der Waals surface area contributed by atoms with E-state index in [9.17, 15) is 9.18 Å². The van der Waals surface area contributed by atoms with Crippen molar-refractivity contribution in [3.8, 4) is 11.3 Å². The molecule has 1 aromatic heterocycles. The summed E-state index contributed by atoms with van der Waals surface area (Å²) in [4.78, 5) is 19.2. The van der Waals surface area contributed by atoms with Crippen LogP contribution in [0.5, 0.6) is 0 Å². The molecule has 4 rings (SSSR count). The van der Waals surface area contributed by atoms with Crippen LogP contribution in [0.3, 0.4) is 0 Å². The van der Waals surface area contributed by atoms with Crippen LogP contribution in [-0.4, -0.2) is 50.3 Å². The standard InChI is InChI=1S/C23H24FN3O2/c1-16-2-7-21-19(14-16)20(15-22(26-21)17-3-5-18(24)6-4-17)23(28)25-8-9-27-10-12-29-13-11-27/h2-7,14-15H,8-13H2,1H3,(H,25,28)/p+1. The summed E-state index contributed by atoms with van der Waals surface area (Å²) in [5, 5.41) is 3.88. The number of aromatic nitrogens is 1. The topological polar surface area (TPSA) is 55.7 Å². The maximum absolute atomic E-state index is 13.3. The maximum atomic E-state index is 13.3. The Balaban J connectivity index is 1.61. The fourth-order valence-corrected chi connectivity index (χ4v) is 3.65. The molecular formula is C23H25FN3O2+. The first-order valence-corrected chi connectivity index (χ1v) is 9.97. The van der Waals surface area contributed by atoms with Crippen LogP contribution in [0.4, 0.5) is 4.39 Å². The van der Waals surface area contributed by atoms with Gasteiger partial charge in [-0.3, -0.25) is 4.79 Å². The largest absolute Gasteiger partial charge is 0.370 e. The van der Waals surface area contributed by atoms with Crippen LogP contribution in [-0.2, 0) is 4.74 Å². The van der Waals surface area contributed by atoms with Gasteiger partial charge >= 0.3 is 0 Å². The number of nitrogens with one attached hydrogen (secondary N) is 2. The Morgan fingerprint density at radius 3 is 2.66 bits per heavy atom. The van der Waals surface area contributed by atoms with Crippen molar-refractivity contribution in [2.24, 2.45) is 0 Å². The zero-order valence-corrected chi connectivity index (χ0v) is 16.5. The number of ether oxygens (including phenoxy) is 1. The molecule has 3 aromatic rings. The van der Waals surface area contributed by atoms with E-state index >= 15 is 0 Å². The number of hydrogen-bond acceptors (Lipinski definition) is 3. The third-order valence-corrected chi connectivity index (χ3v) is 5.31. The van der Waals surface area contributed by atoms with E-state index in [4.69, 9.17) is 9.72 Å². The Labute approximate surface area is 169 Å². The van der Waals surface area contributed by atoms with E-state index in [2.05, 4.69) is 5.32 Å². The summed E-state index contributed by atoms with van der Waals surface area (Å²) in [6.45, 7) is 6.98. The minimum Gasteiger partial charge on any atom is -0.370 e. The van der Waals surface area contributed by atoms with E-state index in [1.165, 1.54) is 17.0 Å². The van der Waals surface area contributed by atoms with E-state index in [-0.39, 0.29) is 11.7 Å². The normalized spacial score (nSPS) is 14.8. The van der Waals surface area contributed by atoms with Crippen molar-refractivity contribution < 1.29 is 18.8 Å². The lowest BCUT2D eigenvalue weighted by Crippen LogP contribution is -3.14. The second-order valence-electron chi connectivity index (χ2n) is 7.45. The molecular weight excluding hydrogens is 369 g/mol. The number of nitrogens with zero attached hydrogens (tertiary/aromatic N) is 1. The summed E-state index contributed by atoms with van der Waals surface area (Å²) >= 11 is 0. The number of rotatable bonds is 5. The third-order valence-electron chi connectivity index (χ3n) is 5.31. The van der Waals surface area contributed by atoms with Gasteiger partial charge in [-0.05, 0) is 49.4 Å². The number of halogens is 1. The average Bonchev–Trinajstić information content (AvgIpc) is 2.74. The molecule has 29 heavy (non-hydrogen) atoms. The molecule has 1 fully saturated rings. The highest BCUT2D eigenvalue weighted by molar-refractivity contribution is 6.07. The van der Waals surface area contributed by atoms with Crippen molar-refractivity contribution in [1.82, 2.24) is 10.3 Å². The van der Waals surface area contributed by atoms with E-state index in [0.717, 1.165) is 54.9 Å². The molecule has 150 valence electrons. The van der Waals surface area contributed by atoms with Gasteiger partial charge in [0.05, 0.1) is 43.1 Å². The number of aryl methyl sites for hydroxylation is 1. The van der Waals surface area contributed by atoms with Crippen LogP contribution >= 0.6 is 0 Å². The van der Waals surface area contributed by atoms with Gasteiger partial charge in [0.2, 0.25) is 0 Å². The molecule has 2 N–H and O–H groups in total. The Bertz CT molecular complexity index is 1010. The van der Waals surface area contributed by atoms with Gasteiger partial charge < -0.3 is 15.0 Å². The monoisotopic (exact) mass is 394 g/mol. The van der Waals surface area contributed by atoms with Crippen LogP contribution < -0.4 is 10.2 Å². The highest BCUT2D eigenvalue weighted by Crippen LogP contribution is 2.26.